The first-order valence-corrected chi connectivity index (χ1v) is 12.2. The van der Waals surface area contributed by atoms with Crippen molar-refractivity contribution in [3.8, 4) is 16.9 Å². The Hall–Kier alpha value is -2.94. The van der Waals surface area contributed by atoms with Gasteiger partial charge in [-0.3, -0.25) is 4.79 Å². The average molecular weight is 468 g/mol. The van der Waals surface area contributed by atoms with Gasteiger partial charge in [0.05, 0.1) is 24.7 Å². The number of ether oxygens (including phenoxy) is 1. The topological polar surface area (TPSA) is 87.2 Å². The summed E-state index contributed by atoms with van der Waals surface area (Å²) in [6.07, 6.45) is 3.48. The van der Waals surface area contributed by atoms with Crippen LogP contribution in [0.2, 0.25) is 0 Å². The number of carbonyl (C=O) groups excluding carboxylic acids is 1. The molecule has 0 saturated carbocycles. The molecule has 0 aliphatic rings. The molecule has 3 heterocycles. The number of hydrogen-bond donors (Lipinski definition) is 3. The van der Waals surface area contributed by atoms with E-state index in [1.165, 1.54) is 23.7 Å². The number of aromatic nitrogens is 2. The Morgan fingerprint density at radius 1 is 1.25 bits per heavy atom. The van der Waals surface area contributed by atoms with Crippen LogP contribution in [0.25, 0.3) is 11.1 Å². The van der Waals surface area contributed by atoms with Gasteiger partial charge in [0, 0.05) is 4.88 Å². The minimum Gasteiger partial charge on any atom is -0.488 e. The van der Waals surface area contributed by atoms with Crippen LogP contribution in [0.3, 0.4) is 0 Å². The summed E-state index contributed by atoms with van der Waals surface area (Å²) in [6.45, 7) is 2.18. The Morgan fingerprint density at radius 3 is 2.88 bits per heavy atom. The first kappa shape index (κ1) is 22.3. The van der Waals surface area contributed by atoms with Crippen LogP contribution in [0.15, 0.2) is 65.1 Å². The Kier molecular flexibility index (Phi) is 7.36. The number of aromatic amines is 1. The normalized spacial score (nSPS) is 12.9. The second-order valence-electron chi connectivity index (χ2n) is 7.53. The maximum atomic E-state index is 12.3. The number of carbonyl (C=O) groups is 1. The molecule has 0 saturated heterocycles. The van der Waals surface area contributed by atoms with Gasteiger partial charge in [0.25, 0.3) is 5.91 Å². The van der Waals surface area contributed by atoms with E-state index in [0.717, 1.165) is 16.2 Å². The van der Waals surface area contributed by atoms with Crippen molar-refractivity contribution < 1.29 is 14.6 Å². The zero-order valence-electron chi connectivity index (χ0n) is 17.7. The molecule has 0 aliphatic heterocycles. The highest BCUT2D eigenvalue weighted by Gasteiger charge is 2.20. The number of thiophene rings is 2. The lowest BCUT2D eigenvalue weighted by Gasteiger charge is -2.21. The van der Waals surface area contributed by atoms with Gasteiger partial charge in [0.15, 0.2) is 0 Å². The third kappa shape index (κ3) is 5.64. The van der Waals surface area contributed by atoms with E-state index in [4.69, 9.17) is 4.74 Å². The van der Waals surface area contributed by atoms with Crippen LogP contribution in [0.4, 0.5) is 0 Å². The largest absolute Gasteiger partial charge is 0.488 e. The number of amides is 1. The molecule has 0 radical (unpaired) electrons. The fourth-order valence-corrected chi connectivity index (χ4v) is 4.88. The molecular formula is C24H25N3O3S2. The summed E-state index contributed by atoms with van der Waals surface area (Å²) in [4.78, 5) is 20.1. The van der Waals surface area contributed by atoms with Gasteiger partial charge in [0.1, 0.15) is 18.1 Å². The van der Waals surface area contributed by atoms with Crippen LogP contribution in [-0.2, 0) is 13.0 Å². The molecule has 2 atom stereocenters. The van der Waals surface area contributed by atoms with Gasteiger partial charge in [-0.25, -0.2) is 4.98 Å². The SMILES string of the molecule is C[C@H](O)[C@@H](CCc1ccccc1OCc1cc(-c2ccsc2)cs1)NC(=O)c1cnc[nH]1. The Balaban J connectivity index is 1.36. The van der Waals surface area contributed by atoms with Crippen LogP contribution in [0.5, 0.6) is 5.75 Å². The molecule has 1 aromatic carbocycles. The summed E-state index contributed by atoms with van der Waals surface area (Å²) in [7, 11) is 0. The summed E-state index contributed by atoms with van der Waals surface area (Å²) in [5.41, 5.74) is 3.87. The van der Waals surface area contributed by atoms with Crippen LogP contribution in [0.1, 0.15) is 34.3 Å². The van der Waals surface area contributed by atoms with Crippen molar-refractivity contribution in [1.29, 1.82) is 0 Å². The van der Waals surface area contributed by atoms with Gasteiger partial charge in [-0.05, 0) is 70.8 Å². The zero-order valence-corrected chi connectivity index (χ0v) is 19.3. The molecule has 32 heavy (non-hydrogen) atoms. The standard InChI is InChI=1S/C24H25N3O3S2/c1-16(28)21(27-24(29)22-11-25-15-26-22)7-6-17-4-2-3-5-23(17)30-12-20-10-19(14-32-20)18-8-9-31-13-18/h2-5,8-11,13-16,21,28H,6-7,12H2,1H3,(H,25,26)(H,27,29)/t16-,21+/m0/s1. The minimum atomic E-state index is -0.684. The van der Waals surface area contributed by atoms with Crippen molar-refractivity contribution in [2.24, 2.45) is 0 Å². The molecule has 0 bridgehead atoms. The molecule has 3 aromatic heterocycles. The van der Waals surface area contributed by atoms with E-state index in [1.807, 2.05) is 24.3 Å². The smallest absolute Gasteiger partial charge is 0.269 e. The van der Waals surface area contributed by atoms with E-state index in [2.05, 4.69) is 43.6 Å². The number of rotatable bonds is 10. The number of aliphatic hydroxyl groups excluding tert-OH is 1. The average Bonchev–Trinajstić information content (AvgIpc) is 3.57. The number of hydrogen-bond acceptors (Lipinski definition) is 6. The lowest BCUT2D eigenvalue weighted by molar-refractivity contribution is 0.0846. The highest BCUT2D eigenvalue weighted by Crippen LogP contribution is 2.29. The van der Waals surface area contributed by atoms with E-state index in [-0.39, 0.29) is 11.9 Å². The summed E-state index contributed by atoms with van der Waals surface area (Å²) in [6, 6.07) is 11.8. The molecule has 0 spiro atoms. The number of para-hydroxylation sites is 1. The molecule has 3 N–H and O–H groups in total. The van der Waals surface area contributed by atoms with Crippen molar-refractivity contribution in [3.63, 3.8) is 0 Å². The van der Waals surface area contributed by atoms with E-state index in [9.17, 15) is 9.90 Å². The number of H-pyrrole nitrogens is 1. The van der Waals surface area contributed by atoms with E-state index >= 15 is 0 Å². The number of imidazole rings is 1. The lowest BCUT2D eigenvalue weighted by Crippen LogP contribution is -2.42. The maximum absolute atomic E-state index is 12.3. The Morgan fingerprint density at radius 2 is 2.12 bits per heavy atom. The van der Waals surface area contributed by atoms with Gasteiger partial charge in [0.2, 0.25) is 0 Å². The zero-order chi connectivity index (χ0) is 22.3. The minimum absolute atomic E-state index is 0.281. The molecule has 0 fully saturated rings. The predicted molar refractivity (Wildman–Crippen MR) is 128 cm³/mol. The second kappa shape index (κ2) is 10.6. The maximum Gasteiger partial charge on any atom is 0.269 e. The highest BCUT2D eigenvalue weighted by molar-refractivity contribution is 7.10. The monoisotopic (exact) mass is 467 g/mol. The molecular weight excluding hydrogens is 442 g/mol. The van der Waals surface area contributed by atoms with Gasteiger partial charge in [-0.1, -0.05) is 18.2 Å². The van der Waals surface area contributed by atoms with Gasteiger partial charge < -0.3 is 20.1 Å². The summed E-state index contributed by atoms with van der Waals surface area (Å²) in [5, 5.41) is 19.4. The van der Waals surface area contributed by atoms with Crippen LogP contribution in [0, 0.1) is 0 Å². The molecule has 4 rings (SSSR count). The van der Waals surface area contributed by atoms with Crippen LogP contribution >= 0.6 is 22.7 Å². The number of aliphatic hydroxyl groups is 1. The molecule has 8 heteroatoms. The van der Waals surface area contributed by atoms with Crippen LogP contribution < -0.4 is 10.1 Å². The summed E-state index contributed by atoms with van der Waals surface area (Å²) in [5.74, 6) is 0.541. The third-order valence-corrected chi connectivity index (χ3v) is 6.81. The fraction of sp³-hybridized carbons (Fsp3) is 0.250. The van der Waals surface area contributed by atoms with Crippen molar-refractivity contribution in [3.05, 3.63) is 81.2 Å². The molecule has 0 unspecified atom stereocenters. The van der Waals surface area contributed by atoms with Crippen LogP contribution in [-0.4, -0.2) is 33.1 Å². The van der Waals surface area contributed by atoms with Crippen molar-refractivity contribution >= 4 is 28.6 Å². The van der Waals surface area contributed by atoms with E-state index in [1.54, 1.807) is 29.6 Å². The van der Waals surface area contributed by atoms with Crippen molar-refractivity contribution in [2.75, 3.05) is 0 Å². The molecule has 6 nitrogen and oxygen atoms in total. The third-order valence-electron chi connectivity index (χ3n) is 5.22. The number of aryl methyl sites for hydroxylation is 1. The van der Waals surface area contributed by atoms with Gasteiger partial charge in [-0.15, -0.1) is 11.3 Å². The summed E-state index contributed by atoms with van der Waals surface area (Å²) < 4.78 is 6.14. The molecule has 0 aliphatic carbocycles. The van der Waals surface area contributed by atoms with Crippen molar-refractivity contribution in [2.45, 2.75) is 38.5 Å². The van der Waals surface area contributed by atoms with E-state index < -0.39 is 6.10 Å². The van der Waals surface area contributed by atoms with Crippen molar-refractivity contribution in [1.82, 2.24) is 15.3 Å². The Bertz CT molecular complexity index is 1120. The lowest BCUT2D eigenvalue weighted by atomic mass is 10.0. The highest BCUT2D eigenvalue weighted by atomic mass is 32.1. The number of nitrogens with zero attached hydrogens (tertiary/aromatic N) is 1. The first-order valence-electron chi connectivity index (χ1n) is 10.4. The first-order chi connectivity index (χ1) is 15.6. The molecule has 4 aromatic rings. The summed E-state index contributed by atoms with van der Waals surface area (Å²) >= 11 is 3.38. The molecule has 166 valence electrons. The molecule has 1 amide bonds. The van der Waals surface area contributed by atoms with E-state index in [0.29, 0.717) is 25.1 Å². The predicted octanol–water partition coefficient (Wildman–Crippen LogP) is 4.89. The fourth-order valence-electron chi connectivity index (χ4n) is 3.41. The Labute approximate surface area is 194 Å². The number of benzene rings is 1. The van der Waals surface area contributed by atoms with Gasteiger partial charge in [-0.2, -0.15) is 11.3 Å². The number of nitrogens with one attached hydrogen (secondary N) is 2. The quantitative estimate of drug-likeness (QED) is 0.310. The van der Waals surface area contributed by atoms with Gasteiger partial charge >= 0.3 is 0 Å². The second-order valence-corrected chi connectivity index (χ2v) is 9.31.